The summed E-state index contributed by atoms with van der Waals surface area (Å²) in [4.78, 5) is 0.131. The van der Waals surface area contributed by atoms with Gasteiger partial charge in [0.2, 0.25) is 10.0 Å². The number of hydrogen-bond donors (Lipinski definition) is 3. The van der Waals surface area contributed by atoms with Gasteiger partial charge in [-0.15, -0.1) is 0 Å². The van der Waals surface area contributed by atoms with Crippen LogP contribution in [0.1, 0.15) is 44.2 Å². The third-order valence-corrected chi connectivity index (χ3v) is 5.15. The Morgan fingerprint density at radius 1 is 1.38 bits per heavy atom. The van der Waals surface area contributed by atoms with E-state index in [1.807, 2.05) is 13.0 Å². The monoisotopic (exact) mass is 312 g/mol. The maximum Gasteiger partial charge on any atom is 0.238 e. The van der Waals surface area contributed by atoms with E-state index in [0.29, 0.717) is 0 Å². The molecule has 1 aromatic rings. The van der Waals surface area contributed by atoms with Gasteiger partial charge in [-0.05, 0) is 43.4 Å². The molecule has 4 N–H and O–H groups in total. The summed E-state index contributed by atoms with van der Waals surface area (Å²) in [5.74, 6) is 0.280. The van der Waals surface area contributed by atoms with Crippen LogP contribution in [0.3, 0.4) is 0 Å². The van der Waals surface area contributed by atoms with E-state index in [-0.39, 0.29) is 23.0 Å². The van der Waals surface area contributed by atoms with Crippen molar-refractivity contribution in [2.24, 2.45) is 11.1 Å². The number of nitrogens with two attached hydrogens (primary N) is 1. The van der Waals surface area contributed by atoms with E-state index in [1.165, 1.54) is 12.5 Å². The highest BCUT2D eigenvalue weighted by Gasteiger charge is 2.23. The first-order valence-electron chi connectivity index (χ1n) is 7.42. The third-order valence-electron chi connectivity index (χ3n) is 4.24. The summed E-state index contributed by atoms with van der Waals surface area (Å²) >= 11 is 0. The van der Waals surface area contributed by atoms with Crippen LogP contribution in [0.25, 0.3) is 0 Å². The lowest BCUT2D eigenvalue weighted by atomic mass is 9.86. The van der Waals surface area contributed by atoms with Crippen molar-refractivity contribution in [2.45, 2.75) is 49.6 Å². The van der Waals surface area contributed by atoms with Crippen LogP contribution < -0.4 is 10.5 Å². The van der Waals surface area contributed by atoms with E-state index in [9.17, 15) is 13.5 Å². The maximum absolute atomic E-state index is 11.4. The molecule has 118 valence electrons. The minimum absolute atomic E-state index is 0.0147. The molecule has 2 rings (SSSR count). The smallest absolute Gasteiger partial charge is 0.238 e. The number of benzene rings is 1. The lowest BCUT2D eigenvalue weighted by Crippen LogP contribution is -2.35. The Hall–Kier alpha value is -0.950. The van der Waals surface area contributed by atoms with Crippen molar-refractivity contribution in [3.63, 3.8) is 0 Å². The van der Waals surface area contributed by atoms with Crippen LogP contribution in [0.15, 0.2) is 29.2 Å². The fourth-order valence-corrected chi connectivity index (χ4v) is 3.40. The van der Waals surface area contributed by atoms with Gasteiger partial charge in [0.25, 0.3) is 0 Å². The van der Waals surface area contributed by atoms with Crippen LogP contribution in [0.5, 0.6) is 0 Å². The molecule has 21 heavy (non-hydrogen) atoms. The van der Waals surface area contributed by atoms with Gasteiger partial charge in [-0.25, -0.2) is 13.6 Å². The molecule has 5 nitrogen and oxygen atoms in total. The summed E-state index contributed by atoms with van der Waals surface area (Å²) in [7, 11) is -3.67. The van der Waals surface area contributed by atoms with Crippen molar-refractivity contribution in [2.75, 3.05) is 6.54 Å². The van der Waals surface area contributed by atoms with E-state index in [4.69, 9.17) is 5.14 Å². The minimum atomic E-state index is -3.67. The molecule has 0 bridgehead atoms. The number of aliphatic hydroxyl groups is 1. The van der Waals surface area contributed by atoms with E-state index in [0.717, 1.165) is 31.4 Å². The fraction of sp³-hybridized carbons (Fsp3) is 0.600. The number of sulfonamides is 1. The summed E-state index contributed by atoms with van der Waals surface area (Å²) in [5, 5.41) is 18.5. The quantitative estimate of drug-likeness (QED) is 0.769. The number of primary sulfonamides is 1. The molecule has 3 atom stereocenters. The van der Waals surface area contributed by atoms with Gasteiger partial charge in [0, 0.05) is 12.6 Å². The summed E-state index contributed by atoms with van der Waals surface area (Å²) in [5.41, 5.74) is 0.881. The van der Waals surface area contributed by atoms with Crippen molar-refractivity contribution in [3.05, 3.63) is 29.8 Å². The zero-order chi connectivity index (χ0) is 15.5. The van der Waals surface area contributed by atoms with Gasteiger partial charge in [-0.2, -0.15) is 0 Å². The Labute approximate surface area is 126 Å². The first kappa shape index (κ1) is 16.4. The second-order valence-electron chi connectivity index (χ2n) is 5.86. The molecule has 0 saturated heterocycles. The van der Waals surface area contributed by atoms with Gasteiger partial charge in [0.05, 0.1) is 11.0 Å². The SMILES string of the molecule is CC(NCC1CCCCC1O)c1cccc(S(N)(=O)=O)c1. The molecular formula is C15H24N2O3S. The van der Waals surface area contributed by atoms with Crippen LogP contribution in [0.4, 0.5) is 0 Å². The molecule has 0 amide bonds. The summed E-state index contributed by atoms with van der Waals surface area (Å²) in [6, 6.07) is 6.69. The number of aliphatic hydroxyl groups excluding tert-OH is 1. The van der Waals surface area contributed by atoms with Gasteiger partial charge in [0.15, 0.2) is 0 Å². The Kier molecular flexibility index (Phi) is 5.37. The second kappa shape index (κ2) is 6.87. The van der Waals surface area contributed by atoms with Crippen LogP contribution >= 0.6 is 0 Å². The molecule has 3 unspecified atom stereocenters. The van der Waals surface area contributed by atoms with Crippen LogP contribution in [0, 0.1) is 5.92 Å². The predicted octanol–water partition coefficient (Wildman–Crippen LogP) is 1.54. The Balaban J connectivity index is 1.98. The fourth-order valence-electron chi connectivity index (χ4n) is 2.83. The maximum atomic E-state index is 11.4. The van der Waals surface area contributed by atoms with E-state index >= 15 is 0 Å². The molecule has 1 aromatic carbocycles. The lowest BCUT2D eigenvalue weighted by Gasteiger charge is -2.29. The first-order valence-corrected chi connectivity index (χ1v) is 8.97. The van der Waals surface area contributed by atoms with Crippen LogP contribution in [-0.2, 0) is 10.0 Å². The molecule has 6 heteroatoms. The Morgan fingerprint density at radius 3 is 2.76 bits per heavy atom. The number of rotatable bonds is 5. The number of nitrogens with one attached hydrogen (secondary N) is 1. The van der Waals surface area contributed by atoms with Gasteiger partial charge >= 0.3 is 0 Å². The highest BCUT2D eigenvalue weighted by atomic mass is 32.2. The Morgan fingerprint density at radius 2 is 2.10 bits per heavy atom. The molecule has 0 aromatic heterocycles. The zero-order valence-corrected chi connectivity index (χ0v) is 13.1. The average molecular weight is 312 g/mol. The van der Waals surface area contributed by atoms with Gasteiger partial charge in [-0.1, -0.05) is 25.0 Å². The summed E-state index contributed by atoms with van der Waals surface area (Å²) in [6.45, 7) is 2.72. The average Bonchev–Trinajstić information content (AvgIpc) is 2.45. The molecule has 0 heterocycles. The largest absolute Gasteiger partial charge is 0.393 e. The second-order valence-corrected chi connectivity index (χ2v) is 7.42. The Bertz CT molecular complexity index is 574. The van der Waals surface area contributed by atoms with Gasteiger partial charge in [-0.3, -0.25) is 0 Å². The molecule has 1 aliphatic rings. The highest BCUT2D eigenvalue weighted by Crippen LogP contribution is 2.25. The highest BCUT2D eigenvalue weighted by molar-refractivity contribution is 7.89. The van der Waals surface area contributed by atoms with E-state index < -0.39 is 10.0 Å². The minimum Gasteiger partial charge on any atom is -0.393 e. The molecule has 1 fully saturated rings. The molecule has 0 aliphatic heterocycles. The topological polar surface area (TPSA) is 92.4 Å². The molecule has 1 saturated carbocycles. The van der Waals surface area contributed by atoms with Crippen molar-refractivity contribution < 1.29 is 13.5 Å². The molecular weight excluding hydrogens is 288 g/mol. The third kappa shape index (κ3) is 4.51. The van der Waals surface area contributed by atoms with Crippen molar-refractivity contribution in [1.29, 1.82) is 0 Å². The van der Waals surface area contributed by atoms with Crippen LogP contribution in [-0.4, -0.2) is 26.2 Å². The van der Waals surface area contributed by atoms with Crippen LogP contribution in [0.2, 0.25) is 0 Å². The van der Waals surface area contributed by atoms with Gasteiger partial charge in [0.1, 0.15) is 0 Å². The van der Waals surface area contributed by atoms with Gasteiger partial charge < -0.3 is 10.4 Å². The lowest BCUT2D eigenvalue weighted by molar-refractivity contribution is 0.0684. The molecule has 0 radical (unpaired) electrons. The molecule has 1 aliphatic carbocycles. The molecule has 0 spiro atoms. The first-order chi connectivity index (χ1) is 9.88. The van der Waals surface area contributed by atoms with E-state index in [1.54, 1.807) is 12.1 Å². The van der Waals surface area contributed by atoms with Crippen molar-refractivity contribution in [3.8, 4) is 0 Å². The zero-order valence-electron chi connectivity index (χ0n) is 12.3. The summed E-state index contributed by atoms with van der Waals surface area (Å²) < 4.78 is 22.8. The summed E-state index contributed by atoms with van der Waals surface area (Å²) in [6.07, 6.45) is 3.96. The van der Waals surface area contributed by atoms with E-state index in [2.05, 4.69) is 5.32 Å². The normalized spacial score (nSPS) is 24.7. The number of hydrogen-bond acceptors (Lipinski definition) is 4. The van der Waals surface area contributed by atoms with Crippen molar-refractivity contribution >= 4 is 10.0 Å². The standard InChI is InChI=1S/C15H24N2O3S/c1-11(17-10-13-5-2-3-8-15(13)18)12-6-4-7-14(9-12)21(16,19)20/h4,6-7,9,11,13,15,17-18H,2-3,5,8,10H2,1H3,(H2,16,19,20). The van der Waals surface area contributed by atoms with Crippen molar-refractivity contribution in [1.82, 2.24) is 5.32 Å². The predicted molar refractivity (Wildman–Crippen MR) is 82.2 cm³/mol.